The number of phosphoric acid groups is 1. The van der Waals surface area contributed by atoms with Crippen LogP contribution in [-0.2, 0) is 28.2 Å². The molecule has 23 heavy (non-hydrogen) atoms. The lowest BCUT2D eigenvalue weighted by Gasteiger charge is -2.18. The molecule has 1 atom stereocenters. The molecule has 0 aliphatic heterocycles. The number of carbonyl (C=O) groups is 2. The molecule has 0 aromatic heterocycles. The predicted octanol–water partition coefficient (Wildman–Crippen LogP) is 2.32. The molecule has 9 heteroatoms. The molecule has 0 radical (unpaired) electrons. The highest BCUT2D eigenvalue weighted by molar-refractivity contribution is 7.46. The second-order valence-electron chi connectivity index (χ2n) is 5.10. The van der Waals surface area contributed by atoms with E-state index in [1.165, 1.54) is 0 Å². The molecule has 0 saturated heterocycles. The zero-order valence-corrected chi connectivity index (χ0v) is 14.6. The lowest BCUT2D eigenvalue weighted by Crippen LogP contribution is -2.29. The lowest BCUT2D eigenvalue weighted by atomic mass is 10.1. The summed E-state index contributed by atoms with van der Waals surface area (Å²) < 4.78 is 24.9. The van der Waals surface area contributed by atoms with Gasteiger partial charge >= 0.3 is 19.8 Å². The van der Waals surface area contributed by atoms with Gasteiger partial charge in [-0.3, -0.25) is 14.1 Å². The molecule has 8 nitrogen and oxygen atoms in total. The molecule has 0 heterocycles. The Balaban J connectivity index is 4.23. The Bertz CT molecular complexity index is 392. The molecule has 0 aliphatic rings. The van der Waals surface area contributed by atoms with Crippen LogP contribution in [0.3, 0.4) is 0 Å². The molecule has 0 amide bonds. The van der Waals surface area contributed by atoms with Crippen molar-refractivity contribution in [2.45, 2.75) is 64.9 Å². The summed E-state index contributed by atoms with van der Waals surface area (Å²) >= 11 is 0. The first-order valence-electron chi connectivity index (χ1n) is 7.83. The van der Waals surface area contributed by atoms with Crippen LogP contribution >= 0.6 is 7.82 Å². The maximum atomic E-state index is 11.7. The minimum absolute atomic E-state index is 0.150. The molecule has 0 aliphatic carbocycles. The van der Waals surface area contributed by atoms with Crippen molar-refractivity contribution >= 4 is 19.8 Å². The molecule has 0 rings (SSSR count). The van der Waals surface area contributed by atoms with E-state index in [4.69, 9.17) is 19.3 Å². The maximum absolute atomic E-state index is 11.7. The monoisotopic (exact) mass is 354 g/mol. The van der Waals surface area contributed by atoms with Crippen LogP contribution in [0.25, 0.3) is 0 Å². The molecule has 0 aromatic carbocycles. The van der Waals surface area contributed by atoms with Gasteiger partial charge in [-0.2, -0.15) is 0 Å². The Morgan fingerprint density at radius 1 is 1.00 bits per heavy atom. The first kappa shape index (κ1) is 22.1. The molecule has 2 N–H and O–H groups in total. The molecule has 136 valence electrons. The predicted molar refractivity (Wildman–Crippen MR) is 82.5 cm³/mol. The molecule has 0 bridgehead atoms. The smallest absolute Gasteiger partial charge is 0.462 e. The lowest BCUT2D eigenvalue weighted by molar-refractivity contribution is -0.161. The largest absolute Gasteiger partial charge is 0.469 e. The molecule has 0 fully saturated rings. The summed E-state index contributed by atoms with van der Waals surface area (Å²) in [7, 11) is -4.68. The molecule has 0 saturated carbocycles. The fourth-order valence-corrected chi connectivity index (χ4v) is 2.06. The quantitative estimate of drug-likeness (QED) is 0.294. The van der Waals surface area contributed by atoms with Crippen LogP contribution in [0.2, 0.25) is 0 Å². The molecule has 1 unspecified atom stereocenters. The van der Waals surface area contributed by atoms with E-state index < -0.39 is 32.5 Å². The SMILES string of the molecule is CCCCCCCC(=O)OC(COC(=O)CC)COP(=O)(O)O. The average molecular weight is 354 g/mol. The van der Waals surface area contributed by atoms with E-state index in [1.54, 1.807) is 6.92 Å². The van der Waals surface area contributed by atoms with Gasteiger partial charge in [0.2, 0.25) is 0 Å². The van der Waals surface area contributed by atoms with E-state index >= 15 is 0 Å². The van der Waals surface area contributed by atoms with Gasteiger partial charge < -0.3 is 19.3 Å². The highest BCUT2D eigenvalue weighted by Crippen LogP contribution is 2.35. The van der Waals surface area contributed by atoms with Gasteiger partial charge in [0.15, 0.2) is 6.10 Å². The maximum Gasteiger partial charge on any atom is 0.469 e. The van der Waals surface area contributed by atoms with E-state index in [1.807, 2.05) is 0 Å². The summed E-state index contributed by atoms with van der Waals surface area (Å²) in [6.45, 7) is 2.86. The summed E-state index contributed by atoms with van der Waals surface area (Å²) in [5.41, 5.74) is 0. The number of carbonyl (C=O) groups excluding carboxylic acids is 2. The number of hydrogen-bond donors (Lipinski definition) is 2. The third-order valence-corrected chi connectivity index (χ3v) is 3.42. The Morgan fingerprint density at radius 3 is 2.22 bits per heavy atom. The standard InChI is InChI=1S/C14H27O8P/c1-3-5-6-7-8-9-14(16)22-12(10-20-13(15)4-2)11-21-23(17,18)19/h12H,3-11H2,1-2H3,(H2,17,18,19). The number of hydrogen-bond acceptors (Lipinski definition) is 6. The topological polar surface area (TPSA) is 119 Å². The van der Waals surface area contributed by atoms with E-state index in [9.17, 15) is 14.2 Å². The minimum atomic E-state index is -4.68. The van der Waals surface area contributed by atoms with Crippen LogP contribution in [0.1, 0.15) is 58.8 Å². The summed E-state index contributed by atoms with van der Waals surface area (Å²) in [5.74, 6) is -1.00. The molecule has 0 aromatic rings. The molecular formula is C14H27O8P. The number of phosphoric ester groups is 1. The third kappa shape index (κ3) is 14.4. The fourth-order valence-electron chi connectivity index (χ4n) is 1.70. The normalized spacial score (nSPS) is 12.7. The van der Waals surface area contributed by atoms with Crippen LogP contribution in [-0.4, -0.2) is 41.0 Å². The van der Waals surface area contributed by atoms with Crippen molar-refractivity contribution < 1.29 is 37.9 Å². The van der Waals surface area contributed by atoms with Gasteiger partial charge in [-0.25, -0.2) is 4.57 Å². The van der Waals surface area contributed by atoms with Crippen molar-refractivity contribution in [1.82, 2.24) is 0 Å². The average Bonchev–Trinajstić information content (AvgIpc) is 2.48. The summed E-state index contributed by atoms with van der Waals surface area (Å²) in [4.78, 5) is 40.2. The Hall–Kier alpha value is -0.950. The number of esters is 2. The number of unbranched alkanes of at least 4 members (excludes halogenated alkanes) is 4. The third-order valence-electron chi connectivity index (χ3n) is 2.93. The fraction of sp³-hybridized carbons (Fsp3) is 0.857. The number of ether oxygens (including phenoxy) is 2. The van der Waals surface area contributed by atoms with Crippen molar-refractivity contribution in [3.05, 3.63) is 0 Å². The van der Waals surface area contributed by atoms with Gasteiger partial charge in [0, 0.05) is 12.8 Å². The van der Waals surface area contributed by atoms with E-state index in [0.29, 0.717) is 6.42 Å². The minimum Gasteiger partial charge on any atom is -0.462 e. The van der Waals surface area contributed by atoms with Gasteiger partial charge in [-0.05, 0) is 6.42 Å². The van der Waals surface area contributed by atoms with Crippen molar-refractivity contribution in [3.8, 4) is 0 Å². The van der Waals surface area contributed by atoms with Gasteiger partial charge in [-0.1, -0.05) is 39.5 Å². The van der Waals surface area contributed by atoms with Crippen molar-refractivity contribution in [3.63, 3.8) is 0 Å². The first-order valence-corrected chi connectivity index (χ1v) is 9.36. The van der Waals surface area contributed by atoms with Crippen LogP contribution in [0, 0.1) is 0 Å². The van der Waals surface area contributed by atoms with E-state index in [2.05, 4.69) is 11.4 Å². The van der Waals surface area contributed by atoms with Gasteiger partial charge in [0.25, 0.3) is 0 Å². The second-order valence-corrected chi connectivity index (χ2v) is 6.34. The first-order chi connectivity index (χ1) is 10.8. The zero-order chi connectivity index (χ0) is 17.7. The Morgan fingerprint density at radius 2 is 1.65 bits per heavy atom. The van der Waals surface area contributed by atoms with Crippen LogP contribution in [0.4, 0.5) is 0 Å². The highest BCUT2D eigenvalue weighted by Gasteiger charge is 2.22. The summed E-state index contributed by atoms with van der Waals surface area (Å²) in [6, 6.07) is 0. The Kier molecular flexibility index (Phi) is 12.0. The van der Waals surface area contributed by atoms with E-state index in [0.717, 1.165) is 25.7 Å². The second kappa shape index (κ2) is 12.5. The Labute approximate surface area is 136 Å². The van der Waals surface area contributed by atoms with Crippen molar-refractivity contribution in [2.24, 2.45) is 0 Å². The summed E-state index contributed by atoms with van der Waals surface area (Å²) in [5, 5.41) is 0. The summed E-state index contributed by atoms with van der Waals surface area (Å²) in [6.07, 6.45) is 4.17. The van der Waals surface area contributed by atoms with Gasteiger partial charge in [0.1, 0.15) is 6.61 Å². The van der Waals surface area contributed by atoms with Gasteiger partial charge in [-0.15, -0.1) is 0 Å². The van der Waals surface area contributed by atoms with Crippen molar-refractivity contribution in [2.75, 3.05) is 13.2 Å². The van der Waals surface area contributed by atoms with Crippen LogP contribution < -0.4 is 0 Å². The highest BCUT2D eigenvalue weighted by atomic mass is 31.2. The van der Waals surface area contributed by atoms with Gasteiger partial charge in [0.05, 0.1) is 6.61 Å². The molecular weight excluding hydrogens is 327 g/mol. The van der Waals surface area contributed by atoms with Crippen molar-refractivity contribution in [1.29, 1.82) is 0 Å². The zero-order valence-electron chi connectivity index (χ0n) is 13.7. The van der Waals surface area contributed by atoms with Crippen LogP contribution in [0.15, 0.2) is 0 Å². The molecule has 0 spiro atoms. The van der Waals surface area contributed by atoms with Crippen LogP contribution in [0.5, 0.6) is 0 Å². The van der Waals surface area contributed by atoms with E-state index in [-0.39, 0.29) is 19.4 Å². The number of rotatable bonds is 13.